The Balaban J connectivity index is 2.14. The minimum Gasteiger partial charge on any atom is -0.444 e. The molecule has 1 atom stereocenters. The van der Waals surface area contributed by atoms with Gasteiger partial charge in [-0.3, -0.25) is 4.90 Å². The van der Waals surface area contributed by atoms with Crippen molar-refractivity contribution in [1.29, 1.82) is 0 Å². The Hall–Kier alpha value is -1.07. The van der Waals surface area contributed by atoms with Crippen LogP contribution in [0.1, 0.15) is 26.5 Å². The van der Waals surface area contributed by atoms with Gasteiger partial charge < -0.3 is 9.15 Å². The summed E-state index contributed by atoms with van der Waals surface area (Å²) in [5, 5.41) is 1.12. The van der Waals surface area contributed by atoms with Crippen molar-refractivity contribution in [2.24, 2.45) is 0 Å². The highest BCUT2D eigenvalue weighted by Crippen LogP contribution is 2.27. The van der Waals surface area contributed by atoms with Crippen LogP contribution in [-0.4, -0.2) is 35.7 Å². The third-order valence-corrected chi connectivity index (χ3v) is 4.09. The molecule has 1 unspecified atom stereocenters. The molecule has 0 aliphatic rings. The van der Waals surface area contributed by atoms with Gasteiger partial charge in [0.05, 0.1) is 11.8 Å². The Morgan fingerprint density at radius 2 is 1.83 bits per heavy atom. The molecule has 0 bridgehead atoms. The lowest BCUT2D eigenvalue weighted by molar-refractivity contribution is 0.0617. The maximum atomic E-state index is 6.03. The largest absolute Gasteiger partial charge is 0.444 e. The fourth-order valence-electron chi connectivity index (χ4n) is 2.26. The molecule has 0 aliphatic carbocycles. The number of ether oxygens (including phenoxy) is 1. The topological polar surface area (TPSA) is 38.5 Å². The highest BCUT2D eigenvalue weighted by atomic mass is 35.5. The average molecular weight is 357 g/mol. The zero-order chi connectivity index (χ0) is 17.0. The number of nitrogens with zero attached hydrogens (tertiary/aromatic N) is 2. The first-order valence-corrected chi connectivity index (χ1v) is 8.32. The number of rotatable bonds is 7. The molecule has 0 N–H and O–H groups in total. The van der Waals surface area contributed by atoms with E-state index in [1.165, 1.54) is 0 Å². The molecule has 1 heterocycles. The summed E-state index contributed by atoms with van der Waals surface area (Å²) < 4.78 is 10.9. The van der Waals surface area contributed by atoms with E-state index in [2.05, 4.69) is 30.7 Å². The normalized spacial score (nSPS) is 13.0. The fourth-order valence-corrected chi connectivity index (χ4v) is 2.79. The predicted molar refractivity (Wildman–Crippen MR) is 94.0 cm³/mol. The molecule has 126 valence electrons. The third-order valence-electron chi connectivity index (χ3n) is 3.65. The summed E-state index contributed by atoms with van der Waals surface area (Å²) >= 11 is 12.1. The minimum atomic E-state index is 0.163. The molecule has 0 amide bonds. The Morgan fingerprint density at radius 3 is 2.39 bits per heavy atom. The van der Waals surface area contributed by atoms with Crippen molar-refractivity contribution in [3.8, 4) is 11.5 Å². The van der Waals surface area contributed by atoms with Crippen molar-refractivity contribution >= 4 is 23.2 Å². The lowest BCUT2D eigenvalue weighted by atomic mass is 10.2. The molecule has 6 heteroatoms. The van der Waals surface area contributed by atoms with Crippen molar-refractivity contribution in [3.63, 3.8) is 0 Å². The predicted octanol–water partition coefficient (Wildman–Crippen LogP) is 4.89. The number of hydrogen-bond acceptors (Lipinski definition) is 4. The quantitative estimate of drug-likeness (QED) is 0.707. The molecule has 0 saturated heterocycles. The van der Waals surface area contributed by atoms with Gasteiger partial charge in [0.1, 0.15) is 6.26 Å². The van der Waals surface area contributed by atoms with E-state index in [9.17, 15) is 0 Å². The smallest absolute Gasteiger partial charge is 0.226 e. The first kappa shape index (κ1) is 18.3. The molecule has 0 radical (unpaired) electrons. The average Bonchev–Trinajstić information content (AvgIpc) is 2.94. The summed E-state index contributed by atoms with van der Waals surface area (Å²) in [4.78, 5) is 6.84. The molecule has 2 aromatic rings. The number of benzene rings is 1. The van der Waals surface area contributed by atoms with Crippen molar-refractivity contribution in [2.45, 2.75) is 39.5 Å². The van der Waals surface area contributed by atoms with Crippen LogP contribution >= 0.6 is 23.2 Å². The van der Waals surface area contributed by atoms with Crippen LogP contribution in [-0.2, 0) is 11.3 Å². The van der Waals surface area contributed by atoms with Crippen LogP contribution < -0.4 is 0 Å². The van der Waals surface area contributed by atoms with Gasteiger partial charge in [0.15, 0.2) is 0 Å². The standard InChI is InChI=1S/C17H22Cl2N2O2/c1-11(2)21(8-12(3)22-4)9-16-10-23-17(20-16)13-5-14(18)7-15(19)6-13/h5-7,10-12H,8-9H2,1-4H3. The number of methoxy groups -OCH3 is 1. The highest BCUT2D eigenvalue weighted by molar-refractivity contribution is 6.35. The SMILES string of the molecule is COC(C)CN(Cc1coc(-c2cc(Cl)cc(Cl)c2)n1)C(C)C. The molecular weight excluding hydrogens is 335 g/mol. The fraction of sp³-hybridized carbons (Fsp3) is 0.471. The lowest BCUT2D eigenvalue weighted by Gasteiger charge is -2.27. The van der Waals surface area contributed by atoms with Crippen molar-refractivity contribution in [3.05, 3.63) is 40.2 Å². The summed E-state index contributed by atoms with van der Waals surface area (Å²) in [6.07, 6.45) is 1.84. The maximum Gasteiger partial charge on any atom is 0.226 e. The van der Waals surface area contributed by atoms with Crippen molar-refractivity contribution < 1.29 is 9.15 Å². The molecule has 2 rings (SSSR count). The highest BCUT2D eigenvalue weighted by Gasteiger charge is 2.16. The van der Waals surface area contributed by atoms with Crippen LogP contribution in [0, 0.1) is 0 Å². The molecule has 23 heavy (non-hydrogen) atoms. The number of aromatic nitrogens is 1. The van der Waals surface area contributed by atoms with Crippen LogP contribution in [0.2, 0.25) is 10.0 Å². The molecule has 4 nitrogen and oxygen atoms in total. The maximum absolute atomic E-state index is 6.03. The summed E-state index contributed by atoms with van der Waals surface area (Å²) in [6.45, 7) is 7.89. The summed E-state index contributed by atoms with van der Waals surface area (Å²) in [7, 11) is 1.72. The molecule has 1 aromatic heterocycles. The zero-order valence-electron chi connectivity index (χ0n) is 13.8. The van der Waals surface area contributed by atoms with Crippen LogP contribution in [0.15, 0.2) is 28.9 Å². The zero-order valence-corrected chi connectivity index (χ0v) is 15.4. The van der Waals surface area contributed by atoms with E-state index in [0.717, 1.165) is 17.8 Å². The first-order chi connectivity index (χ1) is 10.9. The molecular formula is C17H22Cl2N2O2. The summed E-state index contributed by atoms with van der Waals surface area (Å²) in [5.41, 5.74) is 1.64. The second-order valence-corrected chi connectivity index (χ2v) is 6.74. The van der Waals surface area contributed by atoms with Gasteiger partial charge in [0.2, 0.25) is 5.89 Å². The minimum absolute atomic E-state index is 0.163. The summed E-state index contributed by atoms with van der Waals surface area (Å²) in [5.74, 6) is 0.521. The van der Waals surface area contributed by atoms with E-state index in [4.69, 9.17) is 32.4 Å². The van der Waals surface area contributed by atoms with E-state index < -0.39 is 0 Å². The Morgan fingerprint density at radius 1 is 1.17 bits per heavy atom. The Kier molecular flexibility index (Phi) is 6.48. The van der Waals surface area contributed by atoms with Crippen LogP contribution in [0.4, 0.5) is 0 Å². The first-order valence-electron chi connectivity index (χ1n) is 7.56. The number of oxazole rings is 1. The van der Waals surface area contributed by atoms with Gasteiger partial charge >= 0.3 is 0 Å². The molecule has 0 spiro atoms. The van der Waals surface area contributed by atoms with Crippen LogP contribution in [0.5, 0.6) is 0 Å². The van der Waals surface area contributed by atoms with E-state index in [0.29, 0.717) is 28.5 Å². The summed E-state index contributed by atoms with van der Waals surface area (Å²) in [6, 6.07) is 5.64. The Labute approximate surface area is 147 Å². The van der Waals surface area contributed by atoms with Gasteiger partial charge in [0, 0.05) is 41.8 Å². The van der Waals surface area contributed by atoms with Crippen molar-refractivity contribution in [2.75, 3.05) is 13.7 Å². The molecule has 0 saturated carbocycles. The third kappa shape index (κ3) is 5.21. The van der Waals surface area contributed by atoms with Gasteiger partial charge in [-0.25, -0.2) is 4.98 Å². The van der Waals surface area contributed by atoms with E-state index >= 15 is 0 Å². The second kappa shape index (κ2) is 8.15. The molecule has 1 aromatic carbocycles. The van der Waals surface area contributed by atoms with Gasteiger partial charge in [-0.05, 0) is 39.0 Å². The van der Waals surface area contributed by atoms with Gasteiger partial charge in [-0.2, -0.15) is 0 Å². The van der Waals surface area contributed by atoms with E-state index in [1.807, 2.05) is 0 Å². The van der Waals surface area contributed by atoms with Crippen molar-refractivity contribution in [1.82, 2.24) is 9.88 Å². The van der Waals surface area contributed by atoms with E-state index in [-0.39, 0.29) is 6.10 Å². The molecule has 0 fully saturated rings. The second-order valence-electron chi connectivity index (χ2n) is 5.87. The van der Waals surface area contributed by atoms with Crippen LogP contribution in [0.3, 0.4) is 0 Å². The number of halogens is 2. The van der Waals surface area contributed by atoms with Crippen LogP contribution in [0.25, 0.3) is 11.5 Å². The van der Waals surface area contributed by atoms with Gasteiger partial charge in [-0.1, -0.05) is 23.2 Å². The van der Waals surface area contributed by atoms with E-state index in [1.54, 1.807) is 31.6 Å². The number of hydrogen-bond donors (Lipinski definition) is 0. The van der Waals surface area contributed by atoms with Gasteiger partial charge in [0.25, 0.3) is 0 Å². The monoisotopic (exact) mass is 356 g/mol. The Bertz CT molecular complexity index is 623. The lowest BCUT2D eigenvalue weighted by Crippen LogP contribution is -2.36. The molecule has 0 aliphatic heterocycles. The van der Waals surface area contributed by atoms with Gasteiger partial charge in [-0.15, -0.1) is 0 Å².